The maximum atomic E-state index is 12.2. The quantitative estimate of drug-likeness (QED) is 0.839. The van der Waals surface area contributed by atoms with Crippen LogP contribution in [0.25, 0.3) is 0 Å². The zero-order valence-electron chi connectivity index (χ0n) is 11.5. The number of Topliss-reactive ketones (excluding diaryl/α,β-unsaturated/α-hetero) is 1. The van der Waals surface area contributed by atoms with E-state index >= 15 is 0 Å². The van der Waals surface area contributed by atoms with Crippen LogP contribution in [0.3, 0.4) is 0 Å². The normalized spacial score (nSPS) is 10.3. The number of rotatable bonds is 4. The van der Waals surface area contributed by atoms with Gasteiger partial charge in [0.1, 0.15) is 5.69 Å². The molecular formula is C15H17N3O2. The molecule has 0 saturated heterocycles. The number of nitrogens with one attached hydrogen (secondary N) is 1. The number of hydrogen-bond acceptors (Lipinski definition) is 3. The fourth-order valence-electron chi connectivity index (χ4n) is 1.97. The summed E-state index contributed by atoms with van der Waals surface area (Å²) < 4.78 is 1.79. The molecule has 0 saturated carbocycles. The molecule has 3 N–H and O–H groups in total. The predicted octanol–water partition coefficient (Wildman–Crippen LogP) is 2.55. The second kappa shape index (κ2) is 5.61. The van der Waals surface area contributed by atoms with Crippen molar-refractivity contribution in [3.8, 4) is 0 Å². The topological polar surface area (TPSA) is 77.1 Å². The van der Waals surface area contributed by atoms with E-state index in [-0.39, 0.29) is 11.7 Å². The minimum atomic E-state index is -0.223. The number of hydrogen-bond donors (Lipinski definition) is 2. The molecule has 0 atom stereocenters. The summed E-state index contributed by atoms with van der Waals surface area (Å²) in [5, 5.41) is 2.79. The Kier molecular flexibility index (Phi) is 3.89. The van der Waals surface area contributed by atoms with E-state index in [1.54, 1.807) is 41.1 Å². The van der Waals surface area contributed by atoms with E-state index < -0.39 is 0 Å². The molecule has 5 nitrogen and oxygen atoms in total. The summed E-state index contributed by atoms with van der Waals surface area (Å²) in [5.41, 5.74) is 8.03. The number of anilines is 2. The molecule has 0 aliphatic rings. The number of carbonyl (C=O) groups excluding carboxylic acids is 2. The van der Waals surface area contributed by atoms with Crippen LogP contribution < -0.4 is 11.1 Å². The number of aromatic nitrogens is 1. The lowest BCUT2D eigenvalue weighted by atomic mass is 10.1. The zero-order valence-corrected chi connectivity index (χ0v) is 11.5. The van der Waals surface area contributed by atoms with E-state index in [1.165, 1.54) is 6.92 Å². The third-order valence-corrected chi connectivity index (χ3v) is 3.04. The third kappa shape index (κ3) is 2.88. The van der Waals surface area contributed by atoms with Gasteiger partial charge >= 0.3 is 0 Å². The molecule has 1 amide bonds. The SMILES string of the molecule is CCn1cc(N)cc1C(=O)Nc1ccc(C(C)=O)cc1. The summed E-state index contributed by atoms with van der Waals surface area (Å²) in [6, 6.07) is 8.42. The lowest BCUT2D eigenvalue weighted by molar-refractivity contribution is 0.101. The van der Waals surface area contributed by atoms with Gasteiger partial charge in [-0.3, -0.25) is 9.59 Å². The van der Waals surface area contributed by atoms with Gasteiger partial charge in [-0.25, -0.2) is 0 Å². The van der Waals surface area contributed by atoms with Crippen LogP contribution in [0.1, 0.15) is 34.7 Å². The summed E-state index contributed by atoms with van der Waals surface area (Å²) in [5.74, 6) is -0.227. The van der Waals surface area contributed by atoms with E-state index in [0.717, 1.165) is 0 Å². The van der Waals surface area contributed by atoms with Gasteiger partial charge in [-0.2, -0.15) is 0 Å². The van der Waals surface area contributed by atoms with Crippen LogP contribution >= 0.6 is 0 Å². The molecule has 0 aliphatic carbocycles. The van der Waals surface area contributed by atoms with Gasteiger partial charge in [0.2, 0.25) is 0 Å². The molecule has 1 aromatic carbocycles. The smallest absolute Gasteiger partial charge is 0.272 e. The van der Waals surface area contributed by atoms with Crippen molar-refractivity contribution in [3.05, 3.63) is 47.8 Å². The van der Waals surface area contributed by atoms with Crippen LogP contribution in [-0.2, 0) is 6.54 Å². The molecule has 0 aliphatic heterocycles. The standard InChI is InChI=1S/C15H17N3O2/c1-3-18-9-12(16)8-14(18)15(20)17-13-6-4-11(5-7-13)10(2)19/h4-9H,3,16H2,1-2H3,(H,17,20). The Morgan fingerprint density at radius 2 is 1.90 bits per heavy atom. The highest BCUT2D eigenvalue weighted by atomic mass is 16.2. The van der Waals surface area contributed by atoms with Crippen molar-refractivity contribution in [1.29, 1.82) is 0 Å². The third-order valence-electron chi connectivity index (χ3n) is 3.04. The summed E-state index contributed by atoms with van der Waals surface area (Å²) in [7, 11) is 0. The number of ketones is 1. The summed E-state index contributed by atoms with van der Waals surface area (Å²) in [4.78, 5) is 23.4. The molecule has 104 valence electrons. The number of benzene rings is 1. The highest BCUT2D eigenvalue weighted by Crippen LogP contribution is 2.15. The second-order valence-corrected chi connectivity index (χ2v) is 4.53. The number of nitrogens with zero attached hydrogens (tertiary/aromatic N) is 1. The van der Waals surface area contributed by atoms with Crippen LogP contribution in [0.2, 0.25) is 0 Å². The molecule has 0 unspecified atom stereocenters. The molecule has 0 fully saturated rings. The number of nitrogen functional groups attached to an aromatic ring is 1. The van der Waals surface area contributed by atoms with Gasteiger partial charge in [-0.1, -0.05) is 0 Å². The molecule has 1 aromatic heterocycles. The molecule has 5 heteroatoms. The van der Waals surface area contributed by atoms with Gasteiger partial charge < -0.3 is 15.6 Å². The number of carbonyl (C=O) groups is 2. The fourth-order valence-corrected chi connectivity index (χ4v) is 1.97. The summed E-state index contributed by atoms with van der Waals surface area (Å²) >= 11 is 0. The lowest BCUT2D eigenvalue weighted by Gasteiger charge is -2.08. The molecule has 0 radical (unpaired) electrons. The highest BCUT2D eigenvalue weighted by Gasteiger charge is 2.12. The number of aryl methyl sites for hydroxylation is 1. The predicted molar refractivity (Wildman–Crippen MR) is 78.9 cm³/mol. The van der Waals surface area contributed by atoms with E-state index in [9.17, 15) is 9.59 Å². The first-order valence-corrected chi connectivity index (χ1v) is 6.39. The van der Waals surface area contributed by atoms with E-state index in [1.807, 2.05) is 6.92 Å². The maximum absolute atomic E-state index is 12.2. The summed E-state index contributed by atoms with van der Waals surface area (Å²) in [6.07, 6.45) is 1.73. The van der Waals surface area contributed by atoms with Gasteiger partial charge in [0, 0.05) is 24.0 Å². The van der Waals surface area contributed by atoms with Crippen LogP contribution in [-0.4, -0.2) is 16.3 Å². The van der Waals surface area contributed by atoms with E-state index in [4.69, 9.17) is 5.73 Å². The highest BCUT2D eigenvalue weighted by molar-refractivity contribution is 6.04. The average Bonchev–Trinajstić information content (AvgIpc) is 2.80. The Labute approximate surface area is 117 Å². The number of nitrogens with two attached hydrogens (primary N) is 1. The van der Waals surface area contributed by atoms with Crippen molar-refractivity contribution in [3.63, 3.8) is 0 Å². The summed E-state index contributed by atoms with van der Waals surface area (Å²) in [6.45, 7) is 4.12. The molecule has 1 heterocycles. The van der Waals surface area contributed by atoms with Crippen LogP contribution in [0.5, 0.6) is 0 Å². The van der Waals surface area contributed by atoms with Gasteiger partial charge in [0.15, 0.2) is 5.78 Å². The molecule has 0 bridgehead atoms. The second-order valence-electron chi connectivity index (χ2n) is 4.53. The minimum absolute atomic E-state index is 0.00416. The van der Waals surface area contributed by atoms with Crippen molar-refractivity contribution in [1.82, 2.24) is 4.57 Å². The largest absolute Gasteiger partial charge is 0.397 e. The fraction of sp³-hybridized carbons (Fsp3) is 0.200. The lowest BCUT2D eigenvalue weighted by Crippen LogP contribution is -2.16. The van der Waals surface area contributed by atoms with Crippen molar-refractivity contribution in [2.24, 2.45) is 0 Å². The Balaban J connectivity index is 2.16. The first-order valence-electron chi connectivity index (χ1n) is 6.39. The average molecular weight is 271 g/mol. The Hall–Kier alpha value is -2.56. The van der Waals surface area contributed by atoms with Gasteiger partial charge in [-0.15, -0.1) is 0 Å². The van der Waals surface area contributed by atoms with E-state index in [2.05, 4.69) is 5.32 Å². The van der Waals surface area contributed by atoms with E-state index in [0.29, 0.717) is 29.2 Å². The maximum Gasteiger partial charge on any atom is 0.272 e. The first-order chi connectivity index (χ1) is 9.51. The Bertz CT molecular complexity index is 642. The van der Waals surface area contributed by atoms with Crippen molar-refractivity contribution in [2.75, 3.05) is 11.1 Å². The number of amides is 1. The van der Waals surface area contributed by atoms with Gasteiger partial charge in [0.05, 0.1) is 5.69 Å². The molecule has 20 heavy (non-hydrogen) atoms. The Morgan fingerprint density at radius 1 is 1.25 bits per heavy atom. The molecule has 0 spiro atoms. The monoisotopic (exact) mass is 271 g/mol. The first kappa shape index (κ1) is 13.9. The molecular weight excluding hydrogens is 254 g/mol. The van der Waals surface area contributed by atoms with Crippen molar-refractivity contribution in [2.45, 2.75) is 20.4 Å². The molecule has 2 rings (SSSR count). The zero-order chi connectivity index (χ0) is 14.7. The van der Waals surface area contributed by atoms with Crippen LogP contribution in [0.15, 0.2) is 36.5 Å². The Morgan fingerprint density at radius 3 is 2.45 bits per heavy atom. The van der Waals surface area contributed by atoms with Crippen molar-refractivity contribution >= 4 is 23.1 Å². The van der Waals surface area contributed by atoms with Crippen LogP contribution in [0, 0.1) is 0 Å². The van der Waals surface area contributed by atoms with Gasteiger partial charge in [0.25, 0.3) is 5.91 Å². The van der Waals surface area contributed by atoms with Gasteiger partial charge in [-0.05, 0) is 44.2 Å². The van der Waals surface area contributed by atoms with Crippen LogP contribution in [0.4, 0.5) is 11.4 Å². The minimum Gasteiger partial charge on any atom is -0.397 e. The van der Waals surface area contributed by atoms with Crippen molar-refractivity contribution < 1.29 is 9.59 Å². The molecule has 2 aromatic rings.